The van der Waals surface area contributed by atoms with Crippen molar-refractivity contribution in [2.75, 3.05) is 39.5 Å². The molecule has 7 heteroatoms. The largest absolute Gasteiger partial charge is 0.492 e. The summed E-state index contributed by atoms with van der Waals surface area (Å²) in [6.45, 7) is 3.43. The van der Waals surface area contributed by atoms with Crippen LogP contribution in [0.25, 0.3) is 0 Å². The van der Waals surface area contributed by atoms with Crippen molar-refractivity contribution in [2.24, 2.45) is 5.92 Å². The van der Waals surface area contributed by atoms with Gasteiger partial charge in [-0.3, -0.25) is 14.2 Å². The van der Waals surface area contributed by atoms with Crippen LogP contribution in [0.1, 0.15) is 29.7 Å². The number of alkyl halides is 4. The third kappa shape index (κ3) is 5.21. The highest BCUT2D eigenvalue weighted by molar-refractivity contribution is 5.42. The van der Waals surface area contributed by atoms with Gasteiger partial charge in [-0.05, 0) is 42.2 Å². The number of nitrogens with zero attached hydrogens (tertiary/aromatic N) is 2. The molecule has 31 heavy (non-hydrogen) atoms. The molecule has 0 radical (unpaired) electrons. The minimum absolute atomic E-state index is 0.152. The lowest BCUT2D eigenvalue weighted by Crippen LogP contribution is -2.49. The molecule has 2 aromatic rings. The standard InChI is InChI=1S/C24H28F4N2O/c1-17-12-20-4-2-3-5-22(20)23(30(17)16-24(26,27)28)19-6-8-21(9-7-19)31-11-10-29-14-18(13-25)15-29/h2-9,17-18,23H,10-16H2,1H3/t17-,23-/m0/s1. The summed E-state index contributed by atoms with van der Waals surface area (Å²) in [4.78, 5) is 3.69. The molecule has 2 atom stereocenters. The fourth-order valence-electron chi connectivity index (χ4n) is 4.68. The van der Waals surface area contributed by atoms with Crippen LogP contribution in [-0.4, -0.2) is 61.5 Å². The number of hydrogen-bond acceptors (Lipinski definition) is 3. The Kier molecular flexibility index (Phi) is 6.53. The maximum atomic E-state index is 13.3. The molecule has 2 aliphatic heterocycles. The van der Waals surface area contributed by atoms with E-state index in [4.69, 9.17) is 4.74 Å². The lowest BCUT2D eigenvalue weighted by atomic mass is 9.85. The summed E-state index contributed by atoms with van der Waals surface area (Å²) < 4.78 is 58.3. The number of fused-ring (bicyclic) bond motifs is 1. The average Bonchev–Trinajstić information content (AvgIpc) is 2.70. The highest BCUT2D eigenvalue weighted by Gasteiger charge is 2.40. The van der Waals surface area contributed by atoms with Crippen LogP contribution in [0.4, 0.5) is 17.6 Å². The molecule has 2 aliphatic rings. The molecule has 1 fully saturated rings. The summed E-state index contributed by atoms with van der Waals surface area (Å²) in [6, 6.07) is 14.5. The van der Waals surface area contributed by atoms with Gasteiger partial charge in [0.05, 0.1) is 19.3 Å². The van der Waals surface area contributed by atoms with E-state index >= 15 is 0 Å². The van der Waals surface area contributed by atoms with Crippen molar-refractivity contribution in [3.8, 4) is 5.75 Å². The molecule has 0 N–H and O–H groups in total. The lowest BCUT2D eigenvalue weighted by molar-refractivity contribution is -0.155. The molecule has 0 saturated carbocycles. The predicted octanol–water partition coefficient (Wildman–Crippen LogP) is 4.87. The van der Waals surface area contributed by atoms with Gasteiger partial charge in [0, 0.05) is 31.6 Å². The van der Waals surface area contributed by atoms with Crippen LogP contribution >= 0.6 is 0 Å². The molecule has 0 aromatic heterocycles. The second-order valence-corrected chi connectivity index (χ2v) is 8.64. The van der Waals surface area contributed by atoms with Gasteiger partial charge in [0.15, 0.2) is 0 Å². The van der Waals surface area contributed by atoms with Gasteiger partial charge in [-0.15, -0.1) is 0 Å². The molecular weight excluding hydrogens is 408 g/mol. The van der Waals surface area contributed by atoms with Gasteiger partial charge in [0.2, 0.25) is 0 Å². The summed E-state index contributed by atoms with van der Waals surface area (Å²) in [5.74, 6) is 0.838. The fourth-order valence-corrected chi connectivity index (χ4v) is 4.68. The van der Waals surface area contributed by atoms with E-state index in [-0.39, 0.29) is 18.6 Å². The monoisotopic (exact) mass is 436 g/mol. The van der Waals surface area contributed by atoms with Crippen molar-refractivity contribution in [1.82, 2.24) is 9.80 Å². The number of ether oxygens (including phenoxy) is 1. The average molecular weight is 436 g/mol. The molecule has 0 bridgehead atoms. The van der Waals surface area contributed by atoms with Gasteiger partial charge in [-0.1, -0.05) is 36.4 Å². The first-order valence-corrected chi connectivity index (χ1v) is 10.8. The van der Waals surface area contributed by atoms with Gasteiger partial charge < -0.3 is 4.74 Å². The molecular formula is C24H28F4N2O. The van der Waals surface area contributed by atoms with Crippen LogP contribution < -0.4 is 4.74 Å². The molecule has 0 amide bonds. The second-order valence-electron chi connectivity index (χ2n) is 8.64. The Morgan fingerprint density at radius 2 is 1.74 bits per heavy atom. The van der Waals surface area contributed by atoms with Crippen LogP contribution in [0.3, 0.4) is 0 Å². The van der Waals surface area contributed by atoms with Crippen molar-refractivity contribution in [2.45, 2.75) is 31.6 Å². The first-order valence-electron chi connectivity index (χ1n) is 10.8. The molecule has 1 saturated heterocycles. The van der Waals surface area contributed by atoms with E-state index in [1.165, 1.54) is 0 Å². The minimum Gasteiger partial charge on any atom is -0.492 e. The topological polar surface area (TPSA) is 15.7 Å². The van der Waals surface area contributed by atoms with E-state index in [9.17, 15) is 17.6 Å². The Bertz CT molecular complexity index is 865. The third-order valence-electron chi connectivity index (χ3n) is 6.25. The van der Waals surface area contributed by atoms with Gasteiger partial charge in [0.25, 0.3) is 0 Å². The lowest BCUT2D eigenvalue weighted by Gasteiger charge is -2.42. The quantitative estimate of drug-likeness (QED) is 0.577. The van der Waals surface area contributed by atoms with E-state index in [2.05, 4.69) is 4.90 Å². The number of benzene rings is 2. The zero-order valence-corrected chi connectivity index (χ0v) is 17.6. The number of hydrogen-bond donors (Lipinski definition) is 0. The Morgan fingerprint density at radius 3 is 2.42 bits per heavy atom. The molecule has 4 rings (SSSR count). The Labute approximate surface area is 180 Å². The maximum absolute atomic E-state index is 13.3. The van der Waals surface area contributed by atoms with Crippen molar-refractivity contribution in [3.05, 3.63) is 65.2 Å². The van der Waals surface area contributed by atoms with Crippen LogP contribution in [0.15, 0.2) is 48.5 Å². The molecule has 3 nitrogen and oxygen atoms in total. The summed E-state index contributed by atoms with van der Waals surface area (Å²) in [5.41, 5.74) is 2.85. The number of halogens is 4. The summed E-state index contributed by atoms with van der Waals surface area (Å²) in [6.07, 6.45) is -3.66. The van der Waals surface area contributed by atoms with Crippen LogP contribution in [0.2, 0.25) is 0 Å². The van der Waals surface area contributed by atoms with Crippen LogP contribution in [0.5, 0.6) is 5.75 Å². The zero-order valence-electron chi connectivity index (χ0n) is 17.6. The third-order valence-corrected chi connectivity index (χ3v) is 6.25. The summed E-state index contributed by atoms with van der Waals surface area (Å²) in [7, 11) is 0. The Morgan fingerprint density at radius 1 is 1.03 bits per heavy atom. The van der Waals surface area contributed by atoms with Crippen molar-refractivity contribution in [3.63, 3.8) is 0 Å². The van der Waals surface area contributed by atoms with Gasteiger partial charge in [-0.2, -0.15) is 13.2 Å². The van der Waals surface area contributed by atoms with Gasteiger partial charge in [-0.25, -0.2) is 0 Å². The van der Waals surface area contributed by atoms with E-state index in [0.29, 0.717) is 18.8 Å². The van der Waals surface area contributed by atoms with E-state index in [1.807, 2.05) is 55.5 Å². The fraction of sp³-hybridized carbons (Fsp3) is 0.500. The number of rotatable bonds is 7. The van der Waals surface area contributed by atoms with Crippen molar-refractivity contribution in [1.29, 1.82) is 0 Å². The highest BCUT2D eigenvalue weighted by Crippen LogP contribution is 2.39. The first-order chi connectivity index (χ1) is 14.8. The van der Waals surface area contributed by atoms with Gasteiger partial charge >= 0.3 is 6.18 Å². The summed E-state index contributed by atoms with van der Waals surface area (Å²) >= 11 is 0. The maximum Gasteiger partial charge on any atom is 0.401 e. The number of likely N-dealkylation sites (tertiary alicyclic amines) is 1. The van der Waals surface area contributed by atoms with E-state index < -0.39 is 18.8 Å². The van der Waals surface area contributed by atoms with Crippen molar-refractivity contribution >= 4 is 0 Å². The van der Waals surface area contributed by atoms with Gasteiger partial charge in [0.1, 0.15) is 12.4 Å². The smallest absolute Gasteiger partial charge is 0.401 e. The predicted molar refractivity (Wildman–Crippen MR) is 112 cm³/mol. The van der Waals surface area contributed by atoms with E-state index in [0.717, 1.165) is 36.3 Å². The normalized spacial score (nSPS) is 22.7. The van der Waals surface area contributed by atoms with Crippen LogP contribution in [-0.2, 0) is 6.42 Å². The molecule has 0 spiro atoms. The molecule has 168 valence electrons. The van der Waals surface area contributed by atoms with E-state index in [1.54, 1.807) is 4.90 Å². The molecule has 2 aromatic carbocycles. The Hall–Kier alpha value is -2.12. The summed E-state index contributed by atoms with van der Waals surface area (Å²) in [5, 5.41) is 0. The molecule has 0 aliphatic carbocycles. The van der Waals surface area contributed by atoms with Crippen LogP contribution in [0, 0.1) is 5.92 Å². The second kappa shape index (κ2) is 9.17. The molecule has 0 unspecified atom stereocenters. The molecule has 2 heterocycles. The van der Waals surface area contributed by atoms with Crippen molar-refractivity contribution < 1.29 is 22.3 Å². The Balaban J connectivity index is 1.47. The highest BCUT2D eigenvalue weighted by atomic mass is 19.4. The zero-order chi connectivity index (χ0) is 22.0. The minimum atomic E-state index is -4.26. The first kappa shape index (κ1) is 22.1. The SMILES string of the molecule is C[C@H]1Cc2ccccc2[C@H](c2ccc(OCCN3CC(CF)C3)cc2)N1CC(F)(F)F.